The summed E-state index contributed by atoms with van der Waals surface area (Å²) in [4.78, 5) is 26.7. The first-order valence-corrected chi connectivity index (χ1v) is 11.7. The molecule has 2 aromatic rings. The third-order valence-corrected chi connectivity index (χ3v) is 8.11. The number of benzene rings is 2. The van der Waals surface area contributed by atoms with E-state index in [1.807, 2.05) is 0 Å². The molecule has 0 aromatic heterocycles. The SMILES string of the molecule is [B]c1c(Cl)cccc1NC(=O)C1(C)C(c2cccc(Cl)c2F)[C@H](C(N)=O)NC12CCCCC2. The van der Waals surface area contributed by atoms with Crippen LogP contribution in [0.2, 0.25) is 10.0 Å². The van der Waals surface area contributed by atoms with Crippen molar-refractivity contribution >= 4 is 54.0 Å². The number of anilines is 1. The van der Waals surface area contributed by atoms with Crippen LogP contribution in [-0.4, -0.2) is 31.2 Å². The molecule has 1 spiro atoms. The number of amides is 2. The quantitative estimate of drug-likeness (QED) is 0.573. The van der Waals surface area contributed by atoms with Crippen molar-refractivity contribution in [3.8, 4) is 0 Å². The number of carbonyl (C=O) groups excluding carboxylic acids is 2. The Balaban J connectivity index is 1.89. The topological polar surface area (TPSA) is 84.2 Å². The van der Waals surface area contributed by atoms with Gasteiger partial charge in [0, 0.05) is 22.2 Å². The molecule has 1 saturated heterocycles. The second-order valence-corrected chi connectivity index (χ2v) is 9.96. The summed E-state index contributed by atoms with van der Waals surface area (Å²) in [6, 6.07) is 8.61. The van der Waals surface area contributed by atoms with Crippen LogP contribution in [0.25, 0.3) is 0 Å². The van der Waals surface area contributed by atoms with Crippen molar-refractivity contribution in [2.45, 2.75) is 56.5 Å². The Morgan fingerprint density at radius 1 is 1.12 bits per heavy atom. The normalized spacial score (nSPS) is 26.3. The molecule has 9 heteroatoms. The monoisotopic (exact) mass is 487 g/mol. The molecule has 3 atom stereocenters. The number of nitrogens with two attached hydrogens (primary N) is 1. The molecule has 2 radical (unpaired) electrons. The molecule has 2 aromatic carbocycles. The minimum absolute atomic E-state index is 0.0813. The van der Waals surface area contributed by atoms with Gasteiger partial charge < -0.3 is 11.1 Å². The van der Waals surface area contributed by atoms with Crippen LogP contribution in [0, 0.1) is 11.2 Å². The largest absolute Gasteiger partial charge is 0.368 e. The fourth-order valence-corrected chi connectivity index (χ4v) is 6.08. The average molecular weight is 488 g/mol. The highest BCUT2D eigenvalue weighted by atomic mass is 35.5. The predicted molar refractivity (Wildman–Crippen MR) is 130 cm³/mol. The summed E-state index contributed by atoms with van der Waals surface area (Å²) < 4.78 is 15.3. The molecular formula is C24H25BCl2FN3O2. The maximum absolute atomic E-state index is 15.3. The van der Waals surface area contributed by atoms with Gasteiger partial charge in [-0.2, -0.15) is 0 Å². The number of rotatable bonds is 4. The number of primary amides is 1. The van der Waals surface area contributed by atoms with E-state index in [4.69, 9.17) is 36.8 Å². The van der Waals surface area contributed by atoms with Crippen molar-refractivity contribution in [2.75, 3.05) is 5.32 Å². The molecule has 33 heavy (non-hydrogen) atoms. The lowest BCUT2D eigenvalue weighted by Gasteiger charge is -2.47. The van der Waals surface area contributed by atoms with Crippen molar-refractivity contribution in [1.82, 2.24) is 5.32 Å². The van der Waals surface area contributed by atoms with Gasteiger partial charge in [0.1, 0.15) is 13.7 Å². The van der Waals surface area contributed by atoms with E-state index in [0.29, 0.717) is 23.6 Å². The maximum Gasteiger partial charge on any atom is 0.235 e. The Bertz CT molecular complexity index is 1110. The van der Waals surface area contributed by atoms with Crippen LogP contribution in [0.5, 0.6) is 0 Å². The van der Waals surface area contributed by atoms with E-state index in [9.17, 15) is 9.59 Å². The number of hydrogen-bond donors (Lipinski definition) is 3. The van der Waals surface area contributed by atoms with Crippen molar-refractivity contribution in [3.05, 3.63) is 57.8 Å². The average Bonchev–Trinajstić information content (AvgIpc) is 3.03. The maximum atomic E-state index is 15.3. The molecule has 1 aliphatic carbocycles. The molecule has 2 unspecified atom stereocenters. The van der Waals surface area contributed by atoms with Gasteiger partial charge in [0.05, 0.1) is 16.5 Å². The third-order valence-electron chi connectivity index (χ3n) is 7.48. The fraction of sp³-hybridized carbons (Fsp3) is 0.417. The predicted octanol–water partition coefficient (Wildman–Crippen LogP) is 3.81. The third kappa shape index (κ3) is 3.84. The number of halogens is 3. The molecule has 1 heterocycles. The zero-order valence-electron chi connectivity index (χ0n) is 18.3. The second-order valence-electron chi connectivity index (χ2n) is 9.15. The van der Waals surface area contributed by atoms with Crippen LogP contribution in [0.15, 0.2) is 36.4 Å². The molecule has 2 aliphatic rings. The van der Waals surface area contributed by atoms with Gasteiger partial charge in [0.15, 0.2) is 0 Å². The number of carbonyl (C=O) groups is 2. The summed E-state index contributed by atoms with van der Waals surface area (Å²) in [5.74, 6) is -2.58. The van der Waals surface area contributed by atoms with E-state index in [-0.39, 0.29) is 22.0 Å². The molecule has 172 valence electrons. The van der Waals surface area contributed by atoms with E-state index in [1.54, 1.807) is 37.3 Å². The van der Waals surface area contributed by atoms with Gasteiger partial charge >= 0.3 is 0 Å². The summed E-state index contributed by atoms with van der Waals surface area (Å²) in [6.07, 6.45) is 4.03. The van der Waals surface area contributed by atoms with Crippen LogP contribution in [0.1, 0.15) is 50.5 Å². The van der Waals surface area contributed by atoms with Crippen molar-refractivity contribution < 1.29 is 14.0 Å². The highest BCUT2D eigenvalue weighted by molar-refractivity contribution is 6.47. The minimum atomic E-state index is -1.24. The highest BCUT2D eigenvalue weighted by Gasteiger charge is 2.66. The lowest BCUT2D eigenvalue weighted by atomic mass is 9.58. The smallest absolute Gasteiger partial charge is 0.235 e. The van der Waals surface area contributed by atoms with E-state index in [2.05, 4.69) is 10.6 Å². The van der Waals surface area contributed by atoms with E-state index >= 15 is 4.39 Å². The first-order chi connectivity index (χ1) is 15.6. The molecule has 1 saturated carbocycles. The van der Waals surface area contributed by atoms with Crippen LogP contribution in [0.4, 0.5) is 10.1 Å². The molecule has 4 N–H and O–H groups in total. The Labute approximate surface area is 204 Å². The van der Waals surface area contributed by atoms with Crippen LogP contribution >= 0.6 is 23.2 Å². The molecule has 5 nitrogen and oxygen atoms in total. The minimum Gasteiger partial charge on any atom is -0.368 e. The zero-order valence-corrected chi connectivity index (χ0v) is 19.8. The van der Waals surface area contributed by atoms with Crippen LogP contribution in [0.3, 0.4) is 0 Å². The standard InChI is InChI=1S/C24H25BCl2FN3O2/c1-23(22(33)30-16-10-6-8-14(26)18(16)25)17(13-7-5-9-15(27)19(13)28)20(21(29)32)31-24(23)11-3-2-4-12-24/h5-10,17,20,31H,2-4,11-12H2,1H3,(H2,29,32)(H,30,33)/t17?,20-,23?/m1/s1. The second kappa shape index (κ2) is 8.93. The van der Waals surface area contributed by atoms with Gasteiger partial charge in [-0.1, -0.05) is 66.1 Å². The van der Waals surface area contributed by atoms with E-state index < -0.39 is 34.6 Å². The summed E-state index contributed by atoms with van der Waals surface area (Å²) in [6.45, 7) is 1.77. The van der Waals surface area contributed by atoms with Crippen molar-refractivity contribution in [3.63, 3.8) is 0 Å². The lowest BCUT2D eigenvalue weighted by molar-refractivity contribution is -0.129. The lowest BCUT2D eigenvalue weighted by Crippen LogP contribution is -2.58. The van der Waals surface area contributed by atoms with Gasteiger partial charge in [-0.25, -0.2) is 4.39 Å². The molecule has 4 rings (SSSR count). The Kier molecular flexibility index (Phi) is 6.51. The zero-order chi connectivity index (χ0) is 24.0. The van der Waals surface area contributed by atoms with Gasteiger partial charge in [-0.15, -0.1) is 0 Å². The number of nitrogens with one attached hydrogen (secondary N) is 2. The van der Waals surface area contributed by atoms with E-state index in [1.165, 1.54) is 6.07 Å². The van der Waals surface area contributed by atoms with Gasteiger partial charge in [0.2, 0.25) is 11.8 Å². The molecule has 2 amide bonds. The van der Waals surface area contributed by atoms with Crippen molar-refractivity contribution in [1.29, 1.82) is 0 Å². The highest BCUT2D eigenvalue weighted by Crippen LogP contribution is 2.58. The molecule has 2 fully saturated rings. The van der Waals surface area contributed by atoms with Gasteiger partial charge in [-0.05, 0) is 43.5 Å². The fourth-order valence-electron chi connectivity index (χ4n) is 5.72. The summed E-state index contributed by atoms with van der Waals surface area (Å²) >= 11 is 12.2. The van der Waals surface area contributed by atoms with E-state index in [0.717, 1.165) is 19.3 Å². The Hall–Kier alpha value is -2.09. The number of hydrogen-bond acceptors (Lipinski definition) is 3. The van der Waals surface area contributed by atoms with Crippen LogP contribution in [-0.2, 0) is 9.59 Å². The summed E-state index contributed by atoms with van der Waals surface area (Å²) in [7, 11) is 6.09. The molecule has 1 aliphatic heterocycles. The van der Waals surface area contributed by atoms with Crippen LogP contribution < -0.4 is 21.8 Å². The first kappa shape index (κ1) is 24.1. The van der Waals surface area contributed by atoms with Gasteiger partial charge in [-0.3, -0.25) is 14.9 Å². The summed E-state index contributed by atoms with van der Waals surface area (Å²) in [5, 5.41) is 6.51. The van der Waals surface area contributed by atoms with Crippen molar-refractivity contribution in [2.24, 2.45) is 11.1 Å². The van der Waals surface area contributed by atoms with Gasteiger partial charge in [0.25, 0.3) is 0 Å². The summed E-state index contributed by atoms with van der Waals surface area (Å²) in [5.41, 5.74) is 4.56. The first-order valence-electron chi connectivity index (χ1n) is 11.0. The molecule has 0 bridgehead atoms. The Morgan fingerprint density at radius 2 is 1.76 bits per heavy atom. The Morgan fingerprint density at radius 3 is 2.42 bits per heavy atom. The molecular weight excluding hydrogens is 463 g/mol.